The third-order valence-electron chi connectivity index (χ3n) is 2.63. The average Bonchev–Trinajstić information content (AvgIpc) is 2.39. The van der Waals surface area contributed by atoms with Crippen molar-refractivity contribution in [3.05, 3.63) is 65.5 Å². The highest BCUT2D eigenvalue weighted by atomic mass is 19.4. The largest absolute Gasteiger partial charge is 0.417 e. The molecule has 0 spiro atoms. The molecule has 2 aromatic rings. The maximum atomic E-state index is 12.8. The molecule has 1 aromatic carbocycles. The van der Waals surface area contributed by atoms with Crippen LogP contribution in [0, 0.1) is 0 Å². The highest BCUT2D eigenvalue weighted by Crippen LogP contribution is 2.31. The van der Waals surface area contributed by atoms with Crippen LogP contribution in [0.15, 0.2) is 48.8 Å². The minimum absolute atomic E-state index is 0.0738. The summed E-state index contributed by atoms with van der Waals surface area (Å²) in [6.45, 7) is 0. The predicted molar refractivity (Wildman–Crippen MR) is 63.7 cm³/mol. The molecule has 0 aliphatic heterocycles. The lowest BCUT2D eigenvalue weighted by Gasteiger charge is -2.11. The molecule has 19 heavy (non-hydrogen) atoms. The minimum Gasteiger partial charge on any atom is -0.294 e. The van der Waals surface area contributed by atoms with E-state index in [0.717, 1.165) is 18.5 Å². The number of Topliss-reactive ketones (excluding diaryl/α,β-unsaturated/α-hetero) is 1. The number of hydrogen-bond donors (Lipinski definition) is 0. The fraction of sp³-hybridized carbons (Fsp3) is 0.143. The van der Waals surface area contributed by atoms with E-state index in [4.69, 9.17) is 0 Å². The summed E-state index contributed by atoms with van der Waals surface area (Å²) in [5.74, 6) is -0.591. The van der Waals surface area contributed by atoms with Crippen molar-refractivity contribution in [1.29, 1.82) is 0 Å². The van der Waals surface area contributed by atoms with Gasteiger partial charge >= 0.3 is 6.18 Å². The van der Waals surface area contributed by atoms with E-state index in [9.17, 15) is 18.0 Å². The number of alkyl halides is 3. The van der Waals surface area contributed by atoms with Crippen molar-refractivity contribution in [2.45, 2.75) is 12.6 Å². The zero-order chi connectivity index (χ0) is 13.9. The van der Waals surface area contributed by atoms with E-state index in [1.54, 1.807) is 30.3 Å². The van der Waals surface area contributed by atoms with Crippen molar-refractivity contribution in [3.8, 4) is 0 Å². The van der Waals surface area contributed by atoms with Crippen LogP contribution < -0.4 is 0 Å². The summed E-state index contributed by atoms with van der Waals surface area (Å²) in [6, 6.07) is 9.45. The normalized spacial score (nSPS) is 11.3. The molecule has 1 heterocycles. The number of carbonyl (C=O) groups is 1. The first-order chi connectivity index (χ1) is 8.98. The van der Waals surface area contributed by atoms with E-state index < -0.39 is 17.5 Å². The Morgan fingerprint density at radius 1 is 1.11 bits per heavy atom. The molecule has 1 aromatic heterocycles. The van der Waals surface area contributed by atoms with Crippen molar-refractivity contribution in [3.63, 3.8) is 0 Å². The van der Waals surface area contributed by atoms with Crippen molar-refractivity contribution in [2.75, 3.05) is 0 Å². The number of nitrogens with zero attached hydrogens (tertiary/aromatic N) is 1. The molecule has 5 heteroatoms. The molecule has 98 valence electrons. The average molecular weight is 265 g/mol. The summed E-state index contributed by atoms with van der Waals surface area (Å²) in [5, 5.41) is 0. The monoisotopic (exact) mass is 265 g/mol. The summed E-state index contributed by atoms with van der Waals surface area (Å²) >= 11 is 0. The van der Waals surface area contributed by atoms with Crippen LogP contribution in [0.3, 0.4) is 0 Å². The third-order valence-corrected chi connectivity index (χ3v) is 2.63. The topological polar surface area (TPSA) is 30.0 Å². The lowest BCUT2D eigenvalue weighted by atomic mass is 10.0. The van der Waals surface area contributed by atoms with Gasteiger partial charge < -0.3 is 0 Å². The second kappa shape index (κ2) is 5.22. The van der Waals surface area contributed by atoms with E-state index >= 15 is 0 Å². The molecule has 2 rings (SSSR count). The van der Waals surface area contributed by atoms with Crippen LogP contribution in [0.1, 0.15) is 21.5 Å². The Morgan fingerprint density at radius 2 is 1.79 bits per heavy atom. The molecule has 0 N–H and O–H groups in total. The van der Waals surface area contributed by atoms with Crippen LogP contribution in [0.25, 0.3) is 0 Å². The van der Waals surface area contributed by atoms with Gasteiger partial charge in [0.2, 0.25) is 0 Å². The van der Waals surface area contributed by atoms with E-state index in [-0.39, 0.29) is 12.0 Å². The first-order valence-corrected chi connectivity index (χ1v) is 5.57. The van der Waals surface area contributed by atoms with Gasteiger partial charge in [-0.15, -0.1) is 0 Å². The standard InChI is InChI=1S/C14H10F3NO/c15-14(16,17)12-6-7-18-9-11(12)13(19)8-10-4-2-1-3-5-10/h1-7,9H,8H2. The predicted octanol–water partition coefficient (Wildman–Crippen LogP) is 3.53. The molecule has 0 atom stereocenters. The highest BCUT2D eigenvalue weighted by Gasteiger charge is 2.34. The zero-order valence-corrected chi connectivity index (χ0v) is 9.82. The second-order valence-corrected chi connectivity index (χ2v) is 4.00. The third kappa shape index (κ3) is 3.19. The van der Waals surface area contributed by atoms with E-state index in [1.165, 1.54) is 0 Å². The Morgan fingerprint density at radius 3 is 2.42 bits per heavy atom. The molecule has 0 unspecified atom stereocenters. The summed E-state index contributed by atoms with van der Waals surface area (Å²) < 4.78 is 38.3. The smallest absolute Gasteiger partial charge is 0.294 e. The zero-order valence-electron chi connectivity index (χ0n) is 9.82. The number of aromatic nitrogens is 1. The van der Waals surface area contributed by atoms with Gasteiger partial charge in [-0.05, 0) is 11.6 Å². The maximum Gasteiger partial charge on any atom is 0.417 e. The minimum atomic E-state index is -4.55. The summed E-state index contributed by atoms with van der Waals surface area (Å²) in [6.07, 6.45) is -2.63. The van der Waals surface area contributed by atoms with Gasteiger partial charge in [0, 0.05) is 24.4 Å². The fourth-order valence-electron chi connectivity index (χ4n) is 1.74. The molecular formula is C14H10F3NO. The molecule has 0 fully saturated rings. The van der Waals surface area contributed by atoms with Gasteiger partial charge in [-0.1, -0.05) is 30.3 Å². The Bertz CT molecular complexity index is 579. The molecule has 0 aliphatic carbocycles. The van der Waals surface area contributed by atoms with Crippen molar-refractivity contribution >= 4 is 5.78 Å². The van der Waals surface area contributed by atoms with Crippen molar-refractivity contribution in [1.82, 2.24) is 4.98 Å². The lowest BCUT2D eigenvalue weighted by Crippen LogP contribution is -2.15. The Hall–Kier alpha value is -2.17. The molecular weight excluding hydrogens is 255 g/mol. The van der Waals surface area contributed by atoms with Gasteiger partial charge in [0.05, 0.1) is 5.56 Å². The van der Waals surface area contributed by atoms with Crippen LogP contribution in [0.5, 0.6) is 0 Å². The van der Waals surface area contributed by atoms with Crippen LogP contribution >= 0.6 is 0 Å². The first-order valence-electron chi connectivity index (χ1n) is 5.57. The van der Waals surface area contributed by atoms with Gasteiger partial charge in [0.1, 0.15) is 0 Å². The van der Waals surface area contributed by atoms with Crippen molar-refractivity contribution in [2.24, 2.45) is 0 Å². The Labute approximate surface area is 107 Å². The van der Waals surface area contributed by atoms with E-state index in [1.807, 2.05) is 0 Å². The molecule has 0 bridgehead atoms. The molecule has 0 aliphatic rings. The van der Waals surface area contributed by atoms with Gasteiger partial charge in [-0.25, -0.2) is 0 Å². The van der Waals surface area contributed by atoms with E-state index in [2.05, 4.69) is 4.98 Å². The Balaban J connectivity index is 2.30. The number of rotatable bonds is 3. The highest BCUT2D eigenvalue weighted by molar-refractivity contribution is 5.98. The van der Waals surface area contributed by atoms with Gasteiger partial charge in [0.15, 0.2) is 5.78 Å². The van der Waals surface area contributed by atoms with Gasteiger partial charge in [0.25, 0.3) is 0 Å². The molecule has 0 saturated heterocycles. The second-order valence-electron chi connectivity index (χ2n) is 4.00. The van der Waals surface area contributed by atoms with Crippen LogP contribution in [0.4, 0.5) is 13.2 Å². The summed E-state index contributed by atoms with van der Waals surface area (Å²) in [5.41, 5.74) is -0.660. The molecule has 2 nitrogen and oxygen atoms in total. The lowest BCUT2D eigenvalue weighted by molar-refractivity contribution is -0.138. The fourth-order valence-corrected chi connectivity index (χ4v) is 1.74. The van der Waals surface area contributed by atoms with Crippen LogP contribution in [-0.4, -0.2) is 10.8 Å². The number of hydrogen-bond acceptors (Lipinski definition) is 2. The number of carbonyl (C=O) groups excluding carboxylic acids is 1. The number of benzene rings is 1. The van der Waals surface area contributed by atoms with E-state index in [0.29, 0.717) is 5.56 Å². The van der Waals surface area contributed by atoms with Crippen LogP contribution in [0.2, 0.25) is 0 Å². The quantitative estimate of drug-likeness (QED) is 0.795. The molecule has 0 saturated carbocycles. The molecule has 0 amide bonds. The SMILES string of the molecule is O=C(Cc1ccccc1)c1cnccc1C(F)(F)F. The Kier molecular flexibility index (Phi) is 3.64. The number of ketones is 1. The molecule has 0 radical (unpaired) electrons. The van der Waals surface area contributed by atoms with Gasteiger partial charge in [-0.3, -0.25) is 9.78 Å². The summed E-state index contributed by atoms with van der Waals surface area (Å²) in [4.78, 5) is 15.5. The summed E-state index contributed by atoms with van der Waals surface area (Å²) in [7, 11) is 0. The number of halogens is 3. The van der Waals surface area contributed by atoms with Crippen molar-refractivity contribution < 1.29 is 18.0 Å². The first kappa shape index (κ1) is 13.3. The maximum absolute atomic E-state index is 12.8. The number of pyridine rings is 1. The van der Waals surface area contributed by atoms with Crippen LogP contribution in [-0.2, 0) is 12.6 Å². The van der Waals surface area contributed by atoms with Gasteiger partial charge in [-0.2, -0.15) is 13.2 Å².